The molecule has 0 saturated carbocycles. The molecule has 0 radical (unpaired) electrons. The third-order valence-electron chi connectivity index (χ3n) is 6.42. The summed E-state index contributed by atoms with van der Waals surface area (Å²) in [7, 11) is 0. The summed E-state index contributed by atoms with van der Waals surface area (Å²) in [6, 6.07) is 11.1. The highest BCUT2D eigenvalue weighted by Crippen LogP contribution is 2.44. The van der Waals surface area contributed by atoms with Crippen molar-refractivity contribution in [2.75, 3.05) is 0 Å². The van der Waals surface area contributed by atoms with E-state index < -0.39 is 11.6 Å². The van der Waals surface area contributed by atoms with Gasteiger partial charge in [0.15, 0.2) is 5.60 Å². The van der Waals surface area contributed by atoms with Crippen LogP contribution in [0.1, 0.15) is 55.8 Å². The quantitative estimate of drug-likeness (QED) is 0.654. The van der Waals surface area contributed by atoms with Gasteiger partial charge in [-0.3, -0.25) is 9.36 Å². The van der Waals surface area contributed by atoms with E-state index in [9.17, 15) is 19.5 Å². The van der Waals surface area contributed by atoms with Crippen LogP contribution in [-0.2, 0) is 26.5 Å². The molecule has 2 aliphatic heterocycles. The number of para-hydroxylation sites is 1. The van der Waals surface area contributed by atoms with Gasteiger partial charge in [0, 0.05) is 22.9 Å². The molecule has 31 heavy (non-hydrogen) atoms. The number of benzene rings is 1. The number of esters is 1. The maximum Gasteiger partial charge on any atom is 0.343 e. The highest BCUT2D eigenvalue weighted by molar-refractivity contribution is 5.86. The summed E-state index contributed by atoms with van der Waals surface area (Å²) in [5.74, 6) is -0.700. The monoisotopic (exact) mass is 418 g/mol. The summed E-state index contributed by atoms with van der Waals surface area (Å²) in [5.41, 5.74) is 1.23. The SMILES string of the molecule is CC[C@@]1(O)C(=O)OCc2c1cc1n(c2=O)C(CCC(C)=O)c2cc3ccccc3nc2-1. The fraction of sp³-hybridized carbons (Fsp3) is 0.333. The Bertz CT molecular complexity index is 1330. The van der Waals surface area contributed by atoms with Crippen LogP contribution < -0.4 is 5.56 Å². The van der Waals surface area contributed by atoms with Crippen LogP contribution in [0.15, 0.2) is 41.2 Å². The molecule has 0 amide bonds. The first-order chi connectivity index (χ1) is 14.8. The van der Waals surface area contributed by atoms with Crippen molar-refractivity contribution in [2.45, 2.75) is 51.4 Å². The normalized spacial score (nSPS) is 21.4. The predicted octanol–water partition coefficient (Wildman–Crippen LogP) is 2.99. The van der Waals surface area contributed by atoms with E-state index in [-0.39, 0.29) is 41.5 Å². The molecule has 2 aromatic heterocycles. The number of rotatable bonds is 4. The fourth-order valence-electron chi connectivity index (χ4n) is 4.72. The van der Waals surface area contributed by atoms with E-state index in [1.54, 1.807) is 17.6 Å². The minimum atomic E-state index is -1.86. The number of carbonyl (C=O) groups is 2. The van der Waals surface area contributed by atoms with Gasteiger partial charge in [0.1, 0.15) is 12.4 Å². The highest BCUT2D eigenvalue weighted by Gasteiger charge is 2.46. The Kier molecular flexibility index (Phi) is 4.34. The number of aliphatic hydroxyl groups is 1. The van der Waals surface area contributed by atoms with Crippen molar-refractivity contribution in [1.82, 2.24) is 9.55 Å². The van der Waals surface area contributed by atoms with Gasteiger partial charge < -0.3 is 14.6 Å². The molecule has 0 aliphatic carbocycles. The molecule has 0 bridgehead atoms. The Hall–Kier alpha value is -3.32. The van der Waals surface area contributed by atoms with Crippen LogP contribution in [-0.4, -0.2) is 26.4 Å². The topological polar surface area (TPSA) is 98.5 Å². The zero-order valence-corrected chi connectivity index (χ0v) is 17.3. The zero-order valence-electron chi connectivity index (χ0n) is 17.3. The van der Waals surface area contributed by atoms with Crippen molar-refractivity contribution in [2.24, 2.45) is 0 Å². The lowest BCUT2D eigenvalue weighted by atomic mass is 9.86. The van der Waals surface area contributed by atoms with Crippen LogP contribution in [0.5, 0.6) is 0 Å². The number of fused-ring (bicyclic) bond motifs is 5. The summed E-state index contributed by atoms with van der Waals surface area (Å²) in [6.07, 6.45) is 0.882. The molecule has 1 aromatic carbocycles. The van der Waals surface area contributed by atoms with Crippen molar-refractivity contribution in [1.29, 1.82) is 0 Å². The molecule has 2 aliphatic rings. The van der Waals surface area contributed by atoms with Crippen molar-refractivity contribution < 1.29 is 19.4 Å². The van der Waals surface area contributed by atoms with Crippen molar-refractivity contribution in [3.05, 3.63) is 63.4 Å². The van der Waals surface area contributed by atoms with Crippen molar-refractivity contribution in [3.63, 3.8) is 0 Å². The average molecular weight is 418 g/mol. The van der Waals surface area contributed by atoms with Crippen molar-refractivity contribution >= 4 is 22.7 Å². The lowest BCUT2D eigenvalue weighted by molar-refractivity contribution is -0.172. The van der Waals surface area contributed by atoms with Gasteiger partial charge in [-0.1, -0.05) is 25.1 Å². The fourth-order valence-corrected chi connectivity index (χ4v) is 4.72. The molecule has 5 rings (SSSR count). The van der Waals surface area contributed by atoms with Crippen LogP contribution in [0, 0.1) is 0 Å². The van der Waals surface area contributed by atoms with Gasteiger partial charge in [-0.2, -0.15) is 0 Å². The summed E-state index contributed by atoms with van der Waals surface area (Å²) >= 11 is 0. The number of aromatic nitrogens is 2. The number of Topliss-reactive ketones (excluding diaryl/α,β-unsaturated/α-hetero) is 1. The molecule has 1 N–H and O–H groups in total. The lowest BCUT2D eigenvalue weighted by Gasteiger charge is -2.32. The van der Waals surface area contributed by atoms with Crippen LogP contribution in [0.25, 0.3) is 22.3 Å². The van der Waals surface area contributed by atoms with Crippen LogP contribution in [0.3, 0.4) is 0 Å². The molecule has 158 valence electrons. The molecule has 7 heteroatoms. The summed E-state index contributed by atoms with van der Waals surface area (Å²) in [6.45, 7) is 3.03. The summed E-state index contributed by atoms with van der Waals surface area (Å²) in [5, 5.41) is 12.0. The van der Waals surface area contributed by atoms with Crippen LogP contribution in [0.2, 0.25) is 0 Å². The lowest BCUT2D eigenvalue weighted by Crippen LogP contribution is -2.44. The first-order valence-corrected chi connectivity index (χ1v) is 10.4. The zero-order chi connectivity index (χ0) is 21.9. The number of cyclic esters (lactones) is 1. The Labute approximate surface area is 178 Å². The molecule has 0 spiro atoms. The third-order valence-corrected chi connectivity index (χ3v) is 6.42. The van der Waals surface area contributed by atoms with Gasteiger partial charge >= 0.3 is 5.97 Å². The highest BCUT2D eigenvalue weighted by atomic mass is 16.6. The summed E-state index contributed by atoms with van der Waals surface area (Å²) in [4.78, 5) is 42.5. The second-order valence-electron chi connectivity index (χ2n) is 8.26. The smallest absolute Gasteiger partial charge is 0.343 e. The van der Waals surface area contributed by atoms with E-state index in [0.717, 1.165) is 16.5 Å². The molecule has 1 unspecified atom stereocenters. The van der Waals surface area contributed by atoms with E-state index in [1.165, 1.54) is 6.92 Å². The number of carbonyl (C=O) groups excluding carboxylic acids is 2. The standard InChI is InChI=1S/C24H22N2O5/c1-3-24(30)17-11-20-21-15(10-14-6-4-5-7-18(14)25-21)19(9-8-13(2)27)26(20)22(28)16(17)12-31-23(24)29/h4-7,10-11,19,30H,3,8-9,12H2,1-2H3/t19?,24-/m0/s1. The van der Waals surface area contributed by atoms with Crippen LogP contribution in [0.4, 0.5) is 0 Å². The minimum absolute atomic E-state index is 0.0454. The maximum absolute atomic E-state index is 13.6. The molecule has 3 aromatic rings. The minimum Gasteiger partial charge on any atom is -0.458 e. The number of hydrogen-bond acceptors (Lipinski definition) is 6. The number of ether oxygens (including phenoxy) is 1. The second kappa shape index (κ2) is 6.85. The Morgan fingerprint density at radius 3 is 2.81 bits per heavy atom. The Morgan fingerprint density at radius 2 is 2.06 bits per heavy atom. The number of pyridine rings is 2. The molecule has 0 fully saturated rings. The van der Waals surface area contributed by atoms with Crippen LogP contribution >= 0.6 is 0 Å². The van der Waals surface area contributed by atoms with E-state index in [2.05, 4.69) is 0 Å². The summed E-state index contributed by atoms with van der Waals surface area (Å²) < 4.78 is 6.80. The molecule has 7 nitrogen and oxygen atoms in total. The van der Waals surface area contributed by atoms with Crippen molar-refractivity contribution in [3.8, 4) is 11.4 Å². The molecular weight excluding hydrogens is 396 g/mol. The van der Waals surface area contributed by atoms with Gasteiger partial charge in [-0.15, -0.1) is 0 Å². The first-order valence-electron chi connectivity index (χ1n) is 10.4. The largest absolute Gasteiger partial charge is 0.458 e. The second-order valence-corrected chi connectivity index (χ2v) is 8.26. The van der Waals surface area contributed by atoms with Gasteiger partial charge in [0.2, 0.25) is 0 Å². The van der Waals surface area contributed by atoms with Gasteiger partial charge in [-0.25, -0.2) is 9.78 Å². The maximum atomic E-state index is 13.6. The number of nitrogens with zero attached hydrogens (tertiary/aromatic N) is 2. The first kappa shape index (κ1) is 19.6. The Balaban J connectivity index is 1.81. The van der Waals surface area contributed by atoms with Gasteiger partial charge in [0.05, 0.1) is 28.5 Å². The predicted molar refractivity (Wildman–Crippen MR) is 113 cm³/mol. The number of hydrogen-bond donors (Lipinski definition) is 1. The molecule has 0 saturated heterocycles. The third kappa shape index (κ3) is 2.76. The Morgan fingerprint density at radius 1 is 1.29 bits per heavy atom. The van der Waals surface area contributed by atoms with Gasteiger partial charge in [-0.05, 0) is 38.0 Å². The molecule has 2 atom stereocenters. The number of ketones is 1. The van der Waals surface area contributed by atoms with E-state index >= 15 is 0 Å². The van der Waals surface area contributed by atoms with E-state index in [0.29, 0.717) is 24.2 Å². The molecule has 4 heterocycles. The van der Waals surface area contributed by atoms with Gasteiger partial charge in [0.25, 0.3) is 5.56 Å². The molecular formula is C24H22N2O5. The van der Waals surface area contributed by atoms with E-state index in [4.69, 9.17) is 9.72 Å². The van der Waals surface area contributed by atoms with E-state index in [1.807, 2.05) is 30.3 Å². The average Bonchev–Trinajstić information content (AvgIpc) is 3.06.